The molecule has 1 aromatic rings. The van der Waals surface area contributed by atoms with Crippen molar-refractivity contribution < 1.29 is 0 Å². The summed E-state index contributed by atoms with van der Waals surface area (Å²) in [6.45, 7) is 5.81. The van der Waals surface area contributed by atoms with Crippen LogP contribution >= 0.6 is 15.9 Å². The van der Waals surface area contributed by atoms with Crippen molar-refractivity contribution in [3.05, 3.63) is 28.2 Å². The Labute approximate surface area is 119 Å². The van der Waals surface area contributed by atoms with Crippen LogP contribution in [0.15, 0.2) is 22.7 Å². The van der Waals surface area contributed by atoms with Gasteiger partial charge < -0.3 is 10.2 Å². The predicted molar refractivity (Wildman–Crippen MR) is 82.2 cm³/mol. The average molecular weight is 311 g/mol. The van der Waals surface area contributed by atoms with E-state index in [9.17, 15) is 0 Å². The highest BCUT2D eigenvalue weighted by atomic mass is 79.9. The van der Waals surface area contributed by atoms with Gasteiger partial charge >= 0.3 is 0 Å². The molecule has 1 aliphatic rings. The second-order valence-corrected chi connectivity index (χ2v) is 6.20. The molecule has 1 heterocycles. The number of halogens is 1. The first-order valence-electron chi connectivity index (χ1n) is 6.90. The second-order valence-electron chi connectivity index (χ2n) is 5.28. The molecule has 0 saturated carbocycles. The van der Waals surface area contributed by atoms with Gasteiger partial charge in [-0.2, -0.15) is 0 Å². The highest BCUT2D eigenvalue weighted by molar-refractivity contribution is 9.10. The number of rotatable bonds is 4. The fourth-order valence-corrected chi connectivity index (χ4v) is 2.96. The van der Waals surface area contributed by atoms with Gasteiger partial charge in [0.15, 0.2) is 0 Å². The summed E-state index contributed by atoms with van der Waals surface area (Å²) in [6.07, 6.45) is 3.72. The molecule has 0 bridgehead atoms. The first-order valence-corrected chi connectivity index (χ1v) is 7.69. The minimum Gasteiger partial charge on any atom is -0.385 e. The normalized spacial score (nSPS) is 17.9. The topological polar surface area (TPSA) is 15.3 Å². The molecule has 1 aromatic carbocycles. The van der Waals surface area contributed by atoms with Crippen molar-refractivity contribution in [2.24, 2.45) is 5.92 Å². The van der Waals surface area contributed by atoms with E-state index in [1.807, 2.05) is 0 Å². The number of benzene rings is 1. The molecule has 3 heteroatoms. The van der Waals surface area contributed by atoms with E-state index in [1.165, 1.54) is 41.7 Å². The van der Waals surface area contributed by atoms with E-state index in [4.69, 9.17) is 0 Å². The molecule has 1 saturated heterocycles. The molecule has 2 rings (SSSR count). The standard InChI is InChI=1S/C15H23BrN2/c1-3-13-10-14(16)4-5-15(13)17-11-12-6-8-18(2)9-7-12/h4-5,10,12,17H,3,6-9,11H2,1-2H3. The summed E-state index contributed by atoms with van der Waals surface area (Å²) in [5.74, 6) is 0.828. The molecule has 0 atom stereocenters. The fraction of sp³-hybridized carbons (Fsp3) is 0.600. The average Bonchev–Trinajstić information content (AvgIpc) is 2.39. The van der Waals surface area contributed by atoms with Gasteiger partial charge in [-0.3, -0.25) is 0 Å². The van der Waals surface area contributed by atoms with Gasteiger partial charge in [0.25, 0.3) is 0 Å². The quantitative estimate of drug-likeness (QED) is 0.911. The van der Waals surface area contributed by atoms with Gasteiger partial charge in [-0.05, 0) is 69.1 Å². The lowest BCUT2D eigenvalue weighted by Crippen LogP contribution is -2.33. The Balaban J connectivity index is 1.90. The second kappa shape index (κ2) is 6.58. The van der Waals surface area contributed by atoms with E-state index >= 15 is 0 Å². The van der Waals surface area contributed by atoms with Gasteiger partial charge in [-0.15, -0.1) is 0 Å². The molecule has 18 heavy (non-hydrogen) atoms. The van der Waals surface area contributed by atoms with Crippen LogP contribution in [0.2, 0.25) is 0 Å². The third-order valence-electron chi connectivity index (χ3n) is 3.87. The molecule has 2 nitrogen and oxygen atoms in total. The van der Waals surface area contributed by atoms with E-state index < -0.39 is 0 Å². The molecule has 1 fully saturated rings. The van der Waals surface area contributed by atoms with Crippen molar-refractivity contribution in [3.8, 4) is 0 Å². The monoisotopic (exact) mass is 310 g/mol. The minimum atomic E-state index is 0.828. The van der Waals surface area contributed by atoms with Gasteiger partial charge in [0.2, 0.25) is 0 Å². The number of piperidine rings is 1. The third kappa shape index (κ3) is 3.72. The van der Waals surface area contributed by atoms with E-state index in [1.54, 1.807) is 0 Å². The lowest BCUT2D eigenvalue weighted by Gasteiger charge is -2.29. The van der Waals surface area contributed by atoms with Crippen LogP contribution in [-0.2, 0) is 6.42 Å². The molecule has 100 valence electrons. The van der Waals surface area contributed by atoms with Crippen LogP contribution < -0.4 is 5.32 Å². The molecule has 0 amide bonds. The molecule has 0 aromatic heterocycles. The van der Waals surface area contributed by atoms with Crippen molar-refractivity contribution in [1.82, 2.24) is 4.90 Å². The summed E-state index contributed by atoms with van der Waals surface area (Å²) in [5, 5.41) is 3.64. The van der Waals surface area contributed by atoms with E-state index in [2.05, 4.69) is 58.3 Å². The zero-order valence-corrected chi connectivity index (χ0v) is 13.0. The number of nitrogens with zero attached hydrogens (tertiary/aromatic N) is 1. The molecule has 1 aliphatic heterocycles. The molecule has 1 N–H and O–H groups in total. The van der Waals surface area contributed by atoms with Crippen LogP contribution in [0.1, 0.15) is 25.3 Å². The Morgan fingerprint density at radius 1 is 1.33 bits per heavy atom. The summed E-state index contributed by atoms with van der Waals surface area (Å²) in [6, 6.07) is 6.53. The maximum absolute atomic E-state index is 3.64. The summed E-state index contributed by atoms with van der Waals surface area (Å²) >= 11 is 3.54. The summed E-state index contributed by atoms with van der Waals surface area (Å²) in [7, 11) is 2.22. The zero-order valence-electron chi connectivity index (χ0n) is 11.4. The van der Waals surface area contributed by atoms with Crippen LogP contribution in [0.3, 0.4) is 0 Å². The Hall–Kier alpha value is -0.540. The van der Waals surface area contributed by atoms with Gasteiger partial charge in [0.1, 0.15) is 0 Å². The van der Waals surface area contributed by atoms with E-state index in [0.29, 0.717) is 0 Å². The predicted octanol–water partition coefficient (Wildman–Crippen LogP) is 3.77. The smallest absolute Gasteiger partial charge is 0.0373 e. The first kappa shape index (κ1) is 13.9. The number of hydrogen-bond acceptors (Lipinski definition) is 2. The number of aryl methyl sites for hydroxylation is 1. The molecule has 0 spiro atoms. The van der Waals surface area contributed by atoms with Crippen molar-refractivity contribution in [2.45, 2.75) is 26.2 Å². The van der Waals surface area contributed by atoms with Crippen molar-refractivity contribution >= 4 is 21.6 Å². The van der Waals surface area contributed by atoms with Gasteiger partial charge in [0.05, 0.1) is 0 Å². The molecule has 0 aliphatic carbocycles. The van der Waals surface area contributed by atoms with Crippen molar-refractivity contribution in [2.75, 3.05) is 32.0 Å². The Morgan fingerprint density at radius 3 is 2.72 bits per heavy atom. The zero-order chi connectivity index (χ0) is 13.0. The molecule has 0 unspecified atom stereocenters. The largest absolute Gasteiger partial charge is 0.385 e. The maximum atomic E-state index is 3.64. The van der Waals surface area contributed by atoms with Crippen molar-refractivity contribution in [3.63, 3.8) is 0 Å². The number of nitrogens with one attached hydrogen (secondary N) is 1. The molecule has 0 radical (unpaired) electrons. The highest BCUT2D eigenvalue weighted by Gasteiger charge is 2.16. The lowest BCUT2D eigenvalue weighted by atomic mass is 9.97. The number of anilines is 1. The Morgan fingerprint density at radius 2 is 2.06 bits per heavy atom. The summed E-state index contributed by atoms with van der Waals surface area (Å²) < 4.78 is 1.17. The SMILES string of the molecule is CCc1cc(Br)ccc1NCC1CCN(C)CC1. The van der Waals surface area contributed by atoms with Gasteiger partial charge in [0, 0.05) is 16.7 Å². The van der Waals surface area contributed by atoms with Gasteiger partial charge in [-0.25, -0.2) is 0 Å². The van der Waals surface area contributed by atoms with E-state index in [-0.39, 0.29) is 0 Å². The van der Waals surface area contributed by atoms with Crippen LogP contribution in [0.4, 0.5) is 5.69 Å². The highest BCUT2D eigenvalue weighted by Crippen LogP contribution is 2.23. The maximum Gasteiger partial charge on any atom is 0.0373 e. The number of hydrogen-bond donors (Lipinski definition) is 1. The fourth-order valence-electron chi connectivity index (χ4n) is 2.55. The molecular weight excluding hydrogens is 288 g/mol. The first-order chi connectivity index (χ1) is 8.69. The van der Waals surface area contributed by atoms with Crippen molar-refractivity contribution in [1.29, 1.82) is 0 Å². The van der Waals surface area contributed by atoms with Gasteiger partial charge in [-0.1, -0.05) is 22.9 Å². The van der Waals surface area contributed by atoms with Crippen LogP contribution in [0, 0.1) is 5.92 Å². The number of likely N-dealkylation sites (tertiary alicyclic amines) is 1. The van der Waals surface area contributed by atoms with Crippen LogP contribution in [-0.4, -0.2) is 31.6 Å². The van der Waals surface area contributed by atoms with E-state index in [0.717, 1.165) is 18.9 Å². The summed E-state index contributed by atoms with van der Waals surface area (Å²) in [4.78, 5) is 2.42. The Kier molecular flexibility index (Phi) is 5.07. The lowest BCUT2D eigenvalue weighted by molar-refractivity contribution is 0.226. The third-order valence-corrected chi connectivity index (χ3v) is 4.36. The van der Waals surface area contributed by atoms with Crippen LogP contribution in [0.5, 0.6) is 0 Å². The molecular formula is C15H23BrN2. The Bertz CT molecular complexity index is 384. The minimum absolute atomic E-state index is 0.828. The summed E-state index contributed by atoms with van der Waals surface area (Å²) in [5.41, 5.74) is 2.71. The van der Waals surface area contributed by atoms with Crippen LogP contribution in [0.25, 0.3) is 0 Å².